The Balaban J connectivity index is 2.33. The van der Waals surface area contributed by atoms with E-state index in [1.165, 1.54) is 12.1 Å². The molecule has 0 spiro atoms. The molecule has 1 aromatic carbocycles. The van der Waals surface area contributed by atoms with E-state index in [9.17, 15) is 13.2 Å². The molecule has 1 saturated carbocycles. The van der Waals surface area contributed by atoms with Gasteiger partial charge in [-0.25, -0.2) is 0 Å². The smallest absolute Gasteiger partial charge is 0.372 e. The van der Waals surface area contributed by atoms with Crippen molar-refractivity contribution in [2.45, 2.75) is 37.4 Å². The van der Waals surface area contributed by atoms with Crippen molar-refractivity contribution in [2.75, 3.05) is 11.9 Å². The molecule has 0 aromatic heterocycles. The maximum absolute atomic E-state index is 12.9. The van der Waals surface area contributed by atoms with E-state index in [1.807, 2.05) is 11.9 Å². The molecule has 0 N–H and O–H groups in total. The van der Waals surface area contributed by atoms with Crippen LogP contribution in [-0.4, -0.2) is 13.1 Å². The van der Waals surface area contributed by atoms with Crippen LogP contribution in [0.25, 0.3) is 0 Å². The SMILES string of the molecule is CN(c1ccc(CCl)c(C(F)(F)F)c1)C1CCC1. The lowest BCUT2D eigenvalue weighted by Gasteiger charge is -2.36. The number of rotatable bonds is 3. The Kier molecular flexibility index (Phi) is 3.76. The van der Waals surface area contributed by atoms with Gasteiger partial charge in [-0.05, 0) is 37.0 Å². The molecular formula is C13H15ClF3N. The molecule has 0 radical (unpaired) electrons. The van der Waals surface area contributed by atoms with Crippen LogP contribution in [0.5, 0.6) is 0 Å². The zero-order valence-corrected chi connectivity index (χ0v) is 10.9. The molecule has 2 rings (SSSR count). The molecule has 18 heavy (non-hydrogen) atoms. The molecule has 0 bridgehead atoms. The highest BCUT2D eigenvalue weighted by atomic mass is 35.5. The summed E-state index contributed by atoms with van der Waals surface area (Å²) >= 11 is 5.56. The average molecular weight is 278 g/mol. The summed E-state index contributed by atoms with van der Waals surface area (Å²) in [4.78, 5) is 1.93. The third-order valence-corrected chi connectivity index (χ3v) is 3.86. The van der Waals surface area contributed by atoms with Crippen molar-refractivity contribution >= 4 is 17.3 Å². The second kappa shape index (κ2) is 5.00. The lowest BCUT2D eigenvalue weighted by molar-refractivity contribution is -0.138. The van der Waals surface area contributed by atoms with Crippen molar-refractivity contribution in [2.24, 2.45) is 0 Å². The normalized spacial score (nSPS) is 16.5. The van der Waals surface area contributed by atoms with E-state index in [0.717, 1.165) is 19.3 Å². The molecule has 5 heteroatoms. The van der Waals surface area contributed by atoms with E-state index < -0.39 is 11.7 Å². The van der Waals surface area contributed by atoms with Crippen molar-refractivity contribution in [1.82, 2.24) is 0 Å². The monoisotopic (exact) mass is 277 g/mol. The Hall–Kier alpha value is -0.900. The highest BCUT2D eigenvalue weighted by Gasteiger charge is 2.34. The predicted octanol–water partition coefficient (Wildman–Crippen LogP) is 4.43. The van der Waals surface area contributed by atoms with Gasteiger partial charge in [0.25, 0.3) is 0 Å². The zero-order valence-electron chi connectivity index (χ0n) is 10.1. The summed E-state index contributed by atoms with van der Waals surface area (Å²) in [7, 11) is 1.85. The minimum Gasteiger partial charge on any atom is -0.372 e. The van der Waals surface area contributed by atoms with Crippen LogP contribution >= 0.6 is 11.6 Å². The zero-order chi connectivity index (χ0) is 13.3. The van der Waals surface area contributed by atoms with Gasteiger partial charge in [-0.1, -0.05) is 6.07 Å². The number of nitrogens with zero attached hydrogens (tertiary/aromatic N) is 1. The quantitative estimate of drug-likeness (QED) is 0.739. The lowest BCUT2D eigenvalue weighted by Crippen LogP contribution is -2.37. The van der Waals surface area contributed by atoms with Gasteiger partial charge < -0.3 is 4.90 Å². The van der Waals surface area contributed by atoms with Crippen LogP contribution in [0.15, 0.2) is 18.2 Å². The highest BCUT2D eigenvalue weighted by Crippen LogP contribution is 2.36. The van der Waals surface area contributed by atoms with Crippen LogP contribution in [0.1, 0.15) is 30.4 Å². The van der Waals surface area contributed by atoms with E-state index in [4.69, 9.17) is 11.6 Å². The van der Waals surface area contributed by atoms with E-state index in [0.29, 0.717) is 11.7 Å². The molecule has 1 fully saturated rings. The first-order valence-electron chi connectivity index (χ1n) is 5.92. The molecule has 1 nitrogen and oxygen atoms in total. The third kappa shape index (κ3) is 2.58. The van der Waals surface area contributed by atoms with Gasteiger partial charge >= 0.3 is 6.18 Å². The van der Waals surface area contributed by atoms with Crippen LogP contribution in [0.3, 0.4) is 0 Å². The van der Waals surface area contributed by atoms with Gasteiger partial charge in [0.05, 0.1) is 5.56 Å². The number of hydrogen-bond acceptors (Lipinski definition) is 1. The van der Waals surface area contributed by atoms with Gasteiger partial charge in [0.15, 0.2) is 0 Å². The van der Waals surface area contributed by atoms with Gasteiger partial charge in [-0.2, -0.15) is 13.2 Å². The Bertz CT molecular complexity index is 427. The summed E-state index contributed by atoms with van der Waals surface area (Å²) < 4.78 is 38.7. The summed E-state index contributed by atoms with van der Waals surface area (Å²) in [5.41, 5.74) is 0.122. The Morgan fingerprint density at radius 2 is 2.00 bits per heavy atom. The number of benzene rings is 1. The van der Waals surface area contributed by atoms with Crippen molar-refractivity contribution in [3.8, 4) is 0 Å². The van der Waals surface area contributed by atoms with Crippen molar-refractivity contribution in [1.29, 1.82) is 0 Å². The maximum Gasteiger partial charge on any atom is 0.416 e. The number of halogens is 4. The maximum atomic E-state index is 12.9. The molecule has 1 aliphatic rings. The van der Waals surface area contributed by atoms with E-state index in [2.05, 4.69) is 0 Å². The minimum absolute atomic E-state index is 0.123. The molecule has 0 amide bonds. The molecule has 1 aliphatic carbocycles. The number of anilines is 1. The third-order valence-electron chi connectivity index (χ3n) is 3.57. The van der Waals surface area contributed by atoms with Crippen molar-refractivity contribution in [3.05, 3.63) is 29.3 Å². The van der Waals surface area contributed by atoms with Gasteiger partial charge in [-0.15, -0.1) is 11.6 Å². The molecule has 1 aromatic rings. The number of hydrogen-bond donors (Lipinski definition) is 0. The van der Waals surface area contributed by atoms with Crippen molar-refractivity contribution in [3.63, 3.8) is 0 Å². The Labute approximate surface area is 110 Å². The van der Waals surface area contributed by atoms with Crippen LogP contribution in [0, 0.1) is 0 Å². The predicted molar refractivity (Wildman–Crippen MR) is 67.0 cm³/mol. The Morgan fingerprint density at radius 1 is 1.33 bits per heavy atom. The number of alkyl halides is 4. The average Bonchev–Trinajstić information content (AvgIpc) is 2.24. The van der Waals surface area contributed by atoms with E-state index in [1.54, 1.807) is 6.07 Å². The van der Waals surface area contributed by atoms with Crippen molar-refractivity contribution < 1.29 is 13.2 Å². The second-order valence-electron chi connectivity index (χ2n) is 4.67. The van der Waals surface area contributed by atoms with Gasteiger partial charge in [0, 0.05) is 24.7 Å². The first-order chi connectivity index (χ1) is 8.43. The fraction of sp³-hybridized carbons (Fsp3) is 0.538. The van der Waals surface area contributed by atoms with E-state index in [-0.39, 0.29) is 11.4 Å². The van der Waals surface area contributed by atoms with Gasteiger partial charge in [0.2, 0.25) is 0 Å². The molecular weight excluding hydrogens is 263 g/mol. The van der Waals surface area contributed by atoms with E-state index >= 15 is 0 Å². The molecule has 100 valence electrons. The standard InChI is InChI=1S/C13H15ClF3N/c1-18(10-3-2-4-10)11-6-5-9(8-14)12(7-11)13(15,16)17/h5-7,10H,2-4,8H2,1H3. The summed E-state index contributed by atoms with van der Waals surface area (Å²) in [5, 5.41) is 0. The molecule has 0 saturated heterocycles. The molecule has 0 aliphatic heterocycles. The fourth-order valence-corrected chi connectivity index (χ4v) is 2.38. The highest BCUT2D eigenvalue weighted by molar-refractivity contribution is 6.17. The summed E-state index contributed by atoms with van der Waals surface area (Å²) in [6.45, 7) is 0. The van der Waals surface area contributed by atoms with Crippen LogP contribution in [0.4, 0.5) is 18.9 Å². The summed E-state index contributed by atoms with van der Waals surface area (Å²) in [5.74, 6) is -0.123. The first kappa shape index (κ1) is 13.5. The molecule has 0 atom stereocenters. The Morgan fingerprint density at radius 3 is 2.44 bits per heavy atom. The minimum atomic E-state index is -4.35. The largest absolute Gasteiger partial charge is 0.416 e. The van der Waals surface area contributed by atoms with Gasteiger partial charge in [-0.3, -0.25) is 0 Å². The van der Waals surface area contributed by atoms with Crippen LogP contribution in [0.2, 0.25) is 0 Å². The molecule has 0 unspecified atom stereocenters. The lowest BCUT2D eigenvalue weighted by atomic mass is 9.91. The molecule has 0 heterocycles. The second-order valence-corrected chi connectivity index (χ2v) is 4.94. The van der Waals surface area contributed by atoms with Gasteiger partial charge in [0.1, 0.15) is 0 Å². The first-order valence-corrected chi connectivity index (χ1v) is 6.46. The summed E-state index contributed by atoms with van der Waals surface area (Å²) in [6.07, 6.45) is -1.09. The topological polar surface area (TPSA) is 3.24 Å². The van der Waals surface area contributed by atoms with Crippen LogP contribution < -0.4 is 4.90 Å². The fourth-order valence-electron chi connectivity index (χ4n) is 2.15. The summed E-state index contributed by atoms with van der Waals surface area (Å²) in [6, 6.07) is 4.76. The van der Waals surface area contributed by atoms with Crippen LogP contribution in [-0.2, 0) is 12.1 Å².